The highest BCUT2D eigenvalue weighted by Crippen LogP contribution is 2.30. The Labute approximate surface area is 182 Å². The van der Waals surface area contributed by atoms with Crippen LogP contribution in [0.3, 0.4) is 0 Å². The van der Waals surface area contributed by atoms with Gasteiger partial charge in [0, 0.05) is 22.8 Å². The van der Waals surface area contributed by atoms with Crippen molar-refractivity contribution < 1.29 is 13.2 Å². The highest BCUT2D eigenvalue weighted by molar-refractivity contribution is 7.91. The fourth-order valence-corrected chi connectivity index (χ4v) is 5.06. The van der Waals surface area contributed by atoms with E-state index in [9.17, 15) is 13.2 Å². The average molecular weight is 433 g/mol. The molecule has 31 heavy (non-hydrogen) atoms. The maximum Gasteiger partial charge on any atom is 0.244 e. The summed E-state index contributed by atoms with van der Waals surface area (Å²) in [5.41, 5.74) is 3.60. The van der Waals surface area contributed by atoms with E-state index >= 15 is 0 Å². The number of carbonyl (C=O) groups excluding carboxylic acids is 1. The first-order valence-electron chi connectivity index (χ1n) is 10.2. The molecular formula is C25H24N2O3S. The molecule has 1 N–H and O–H groups in total. The first kappa shape index (κ1) is 20.9. The minimum Gasteiger partial charge on any atom is -0.337 e. The molecule has 0 aliphatic heterocycles. The number of hydrogen-bond donors (Lipinski definition) is 1. The van der Waals surface area contributed by atoms with Crippen LogP contribution in [-0.2, 0) is 27.6 Å². The number of anilines is 1. The molecule has 0 fully saturated rings. The lowest BCUT2D eigenvalue weighted by Crippen LogP contribution is -2.18. The highest BCUT2D eigenvalue weighted by atomic mass is 32.2. The zero-order chi connectivity index (χ0) is 22.0. The molecule has 0 saturated carbocycles. The number of aromatic nitrogens is 1. The van der Waals surface area contributed by atoms with Gasteiger partial charge in [-0.3, -0.25) is 4.79 Å². The molecule has 158 valence electrons. The maximum atomic E-state index is 13.3. The highest BCUT2D eigenvalue weighted by Gasteiger charge is 2.23. The number of nitrogens with zero attached hydrogens (tertiary/aromatic N) is 1. The summed E-state index contributed by atoms with van der Waals surface area (Å²) in [6.07, 6.45) is 2.49. The van der Waals surface area contributed by atoms with Gasteiger partial charge in [-0.2, -0.15) is 0 Å². The molecule has 0 bridgehead atoms. The number of hydrogen-bond acceptors (Lipinski definition) is 3. The van der Waals surface area contributed by atoms with Crippen molar-refractivity contribution in [1.82, 2.24) is 4.57 Å². The van der Waals surface area contributed by atoms with Gasteiger partial charge in [-0.25, -0.2) is 8.42 Å². The lowest BCUT2D eigenvalue weighted by molar-refractivity contribution is -0.116. The van der Waals surface area contributed by atoms with E-state index in [2.05, 4.69) is 12.2 Å². The number of rotatable bonds is 6. The zero-order valence-electron chi connectivity index (χ0n) is 17.5. The SMILES string of the molecule is CCc1ccc(NC(=O)Cn2cc(S(=O)(=O)c3ccc(C)cc3)c3ccccc32)cc1. The Balaban J connectivity index is 1.66. The fraction of sp³-hybridized carbons (Fsp3) is 0.160. The van der Waals surface area contributed by atoms with E-state index in [0.29, 0.717) is 16.6 Å². The third-order valence-electron chi connectivity index (χ3n) is 5.33. The van der Waals surface area contributed by atoms with E-state index < -0.39 is 9.84 Å². The largest absolute Gasteiger partial charge is 0.337 e. The van der Waals surface area contributed by atoms with Crippen LogP contribution in [0.2, 0.25) is 0 Å². The van der Waals surface area contributed by atoms with Crippen LogP contribution >= 0.6 is 0 Å². The van der Waals surface area contributed by atoms with Crippen molar-refractivity contribution in [1.29, 1.82) is 0 Å². The van der Waals surface area contributed by atoms with Gasteiger partial charge in [-0.05, 0) is 49.2 Å². The van der Waals surface area contributed by atoms with Crippen molar-refractivity contribution in [3.8, 4) is 0 Å². The molecule has 4 aromatic rings. The number of amides is 1. The van der Waals surface area contributed by atoms with Gasteiger partial charge in [-0.15, -0.1) is 0 Å². The molecule has 0 aliphatic rings. The van der Waals surface area contributed by atoms with E-state index in [1.54, 1.807) is 47.2 Å². The summed E-state index contributed by atoms with van der Waals surface area (Å²) in [5, 5.41) is 3.48. The van der Waals surface area contributed by atoms with Crippen molar-refractivity contribution in [3.63, 3.8) is 0 Å². The van der Waals surface area contributed by atoms with Crippen molar-refractivity contribution in [2.75, 3.05) is 5.32 Å². The summed E-state index contributed by atoms with van der Waals surface area (Å²) < 4.78 is 28.3. The van der Waals surface area contributed by atoms with Gasteiger partial charge < -0.3 is 9.88 Å². The smallest absolute Gasteiger partial charge is 0.244 e. The molecule has 3 aromatic carbocycles. The van der Waals surface area contributed by atoms with Gasteiger partial charge in [0.1, 0.15) is 6.54 Å². The van der Waals surface area contributed by atoms with Gasteiger partial charge in [0.25, 0.3) is 0 Å². The molecule has 6 heteroatoms. The minimum absolute atomic E-state index is 0.0134. The second kappa shape index (κ2) is 8.40. The molecule has 4 rings (SSSR count). The van der Waals surface area contributed by atoms with Crippen molar-refractivity contribution in [2.45, 2.75) is 36.6 Å². The predicted octanol–water partition coefficient (Wildman–Crippen LogP) is 4.98. The van der Waals surface area contributed by atoms with E-state index in [1.807, 2.05) is 43.3 Å². The number of carbonyl (C=O) groups is 1. The van der Waals surface area contributed by atoms with Gasteiger partial charge in [0.05, 0.1) is 9.79 Å². The molecular weight excluding hydrogens is 408 g/mol. The molecule has 1 aromatic heterocycles. The van der Waals surface area contributed by atoms with E-state index in [4.69, 9.17) is 0 Å². The normalized spacial score (nSPS) is 11.5. The Morgan fingerprint density at radius 2 is 1.61 bits per heavy atom. The number of nitrogens with one attached hydrogen (secondary N) is 1. The summed E-state index contributed by atoms with van der Waals surface area (Å²) in [5.74, 6) is -0.218. The predicted molar refractivity (Wildman–Crippen MR) is 123 cm³/mol. The van der Waals surface area contributed by atoms with Gasteiger partial charge in [0.15, 0.2) is 0 Å². The molecule has 1 amide bonds. The Hall–Kier alpha value is -3.38. The lowest BCUT2D eigenvalue weighted by atomic mass is 10.1. The third-order valence-corrected chi connectivity index (χ3v) is 7.13. The molecule has 0 spiro atoms. The van der Waals surface area contributed by atoms with Crippen LogP contribution in [0.25, 0.3) is 10.9 Å². The summed E-state index contributed by atoms with van der Waals surface area (Å²) >= 11 is 0. The first-order valence-corrected chi connectivity index (χ1v) is 11.6. The van der Waals surface area contributed by atoms with Crippen molar-refractivity contribution >= 4 is 32.3 Å². The number of benzene rings is 3. The average Bonchev–Trinajstić information content (AvgIpc) is 3.14. The summed E-state index contributed by atoms with van der Waals surface area (Å²) in [7, 11) is -3.72. The number of aryl methyl sites for hydroxylation is 2. The van der Waals surface area contributed by atoms with Crippen LogP contribution in [0, 0.1) is 6.92 Å². The number of para-hydroxylation sites is 1. The maximum absolute atomic E-state index is 13.3. The first-order chi connectivity index (χ1) is 14.9. The van der Waals surface area contributed by atoms with Gasteiger partial charge in [-0.1, -0.05) is 55.0 Å². The van der Waals surface area contributed by atoms with Crippen LogP contribution in [0.5, 0.6) is 0 Å². The van der Waals surface area contributed by atoms with Crippen LogP contribution in [-0.4, -0.2) is 18.9 Å². The zero-order valence-corrected chi connectivity index (χ0v) is 18.3. The van der Waals surface area contributed by atoms with E-state index in [-0.39, 0.29) is 22.2 Å². The van der Waals surface area contributed by atoms with Crippen molar-refractivity contribution in [3.05, 3.63) is 90.1 Å². The van der Waals surface area contributed by atoms with Crippen LogP contribution in [0.1, 0.15) is 18.1 Å². The summed E-state index contributed by atoms with van der Waals surface area (Å²) in [6, 6.07) is 21.7. The quantitative estimate of drug-likeness (QED) is 0.467. The van der Waals surface area contributed by atoms with Gasteiger partial charge in [0.2, 0.25) is 15.7 Å². The Morgan fingerprint density at radius 3 is 2.29 bits per heavy atom. The standard InChI is InChI=1S/C25H24N2O3S/c1-3-19-10-12-20(13-11-19)26-25(28)17-27-16-24(22-6-4-5-7-23(22)27)31(29,30)21-14-8-18(2)9-15-21/h4-16H,3,17H2,1-2H3,(H,26,28). The Bertz CT molecular complexity index is 1340. The second-order valence-electron chi connectivity index (χ2n) is 7.55. The third kappa shape index (κ3) is 4.25. The minimum atomic E-state index is -3.72. The molecule has 0 aliphatic carbocycles. The number of fused-ring (bicyclic) bond motifs is 1. The molecule has 0 unspecified atom stereocenters. The van der Waals surface area contributed by atoms with Crippen LogP contribution < -0.4 is 5.32 Å². The van der Waals surface area contributed by atoms with Crippen LogP contribution in [0.4, 0.5) is 5.69 Å². The summed E-state index contributed by atoms with van der Waals surface area (Å²) in [6.45, 7) is 4.00. The molecule has 0 saturated heterocycles. The molecule has 5 nitrogen and oxygen atoms in total. The van der Waals surface area contributed by atoms with E-state index in [0.717, 1.165) is 12.0 Å². The molecule has 1 heterocycles. The molecule has 0 radical (unpaired) electrons. The molecule has 0 atom stereocenters. The van der Waals surface area contributed by atoms with Crippen LogP contribution in [0.15, 0.2) is 88.8 Å². The fourth-order valence-electron chi connectivity index (χ4n) is 3.58. The van der Waals surface area contributed by atoms with Gasteiger partial charge >= 0.3 is 0 Å². The Kier molecular flexibility index (Phi) is 5.65. The monoisotopic (exact) mass is 432 g/mol. The van der Waals surface area contributed by atoms with Crippen molar-refractivity contribution in [2.24, 2.45) is 0 Å². The Morgan fingerprint density at radius 1 is 0.935 bits per heavy atom. The second-order valence-corrected chi connectivity index (χ2v) is 9.47. The topological polar surface area (TPSA) is 68.2 Å². The lowest BCUT2D eigenvalue weighted by Gasteiger charge is -2.08. The number of sulfone groups is 1. The summed E-state index contributed by atoms with van der Waals surface area (Å²) in [4.78, 5) is 13.1. The van der Waals surface area contributed by atoms with E-state index in [1.165, 1.54) is 5.56 Å².